The Labute approximate surface area is 98.6 Å². The van der Waals surface area contributed by atoms with Gasteiger partial charge in [0.05, 0.1) is 0 Å². The van der Waals surface area contributed by atoms with E-state index in [-0.39, 0.29) is 17.9 Å². The Morgan fingerprint density at radius 2 is 1.71 bits per heavy atom. The van der Waals surface area contributed by atoms with Gasteiger partial charge in [-0.25, -0.2) is 0 Å². The number of nitrogens with two attached hydrogens (primary N) is 1. The first-order chi connectivity index (χ1) is 8.15. The lowest BCUT2D eigenvalue weighted by Crippen LogP contribution is -1.82. The smallest absolute Gasteiger partial charge is 0.204 e. The molecule has 0 aliphatic rings. The number of phenolic OH excluding ortho intramolecular Hbond substituents is 2. The first-order valence-electron chi connectivity index (χ1n) is 4.87. The number of benzene rings is 2. The van der Waals surface area contributed by atoms with Gasteiger partial charge in [-0.05, 0) is 17.0 Å². The van der Waals surface area contributed by atoms with E-state index in [1.54, 1.807) is 12.1 Å². The number of primary amides is 1. The minimum atomic E-state index is -0.112. The topological polar surface area (TPSA) is 83.6 Å². The molecule has 2 aromatic carbocycles. The van der Waals surface area contributed by atoms with Gasteiger partial charge in [-0.3, -0.25) is 4.79 Å². The monoisotopic (exact) mass is 231 g/mol. The minimum Gasteiger partial charge on any atom is -0.504 e. The zero-order valence-electron chi connectivity index (χ0n) is 9.13. The van der Waals surface area contributed by atoms with Crippen LogP contribution in [0.5, 0.6) is 11.5 Å². The van der Waals surface area contributed by atoms with Gasteiger partial charge in [-0.2, -0.15) is 0 Å². The quantitative estimate of drug-likeness (QED) is 0.518. The van der Waals surface area contributed by atoms with E-state index >= 15 is 0 Å². The SMILES string of the molecule is C=Cc1cc(O)c(O)c2ccccc12.NC=O. The molecule has 4 nitrogen and oxygen atoms in total. The third-order valence-corrected chi connectivity index (χ3v) is 2.25. The average molecular weight is 231 g/mol. The molecule has 2 rings (SSSR count). The highest BCUT2D eigenvalue weighted by molar-refractivity contribution is 5.96. The Hall–Kier alpha value is -2.49. The maximum Gasteiger partial charge on any atom is 0.204 e. The zero-order chi connectivity index (χ0) is 12.8. The van der Waals surface area contributed by atoms with Gasteiger partial charge in [-0.15, -0.1) is 0 Å². The lowest BCUT2D eigenvalue weighted by atomic mass is 10.0. The fourth-order valence-electron chi connectivity index (χ4n) is 1.54. The molecule has 1 amide bonds. The number of phenols is 2. The van der Waals surface area contributed by atoms with Crippen molar-refractivity contribution in [2.75, 3.05) is 0 Å². The van der Waals surface area contributed by atoms with E-state index in [0.29, 0.717) is 5.39 Å². The fourth-order valence-corrected chi connectivity index (χ4v) is 1.54. The molecule has 0 radical (unpaired) electrons. The van der Waals surface area contributed by atoms with Crippen LogP contribution in [0.2, 0.25) is 0 Å². The number of carbonyl (C=O) groups excluding carboxylic acids is 1. The van der Waals surface area contributed by atoms with Crippen LogP contribution in [-0.2, 0) is 4.79 Å². The van der Waals surface area contributed by atoms with Crippen molar-refractivity contribution in [1.29, 1.82) is 0 Å². The molecule has 0 saturated carbocycles. The van der Waals surface area contributed by atoms with Crippen molar-refractivity contribution in [3.8, 4) is 11.5 Å². The number of carbonyl (C=O) groups is 1. The molecule has 0 saturated heterocycles. The molecule has 4 N–H and O–H groups in total. The van der Waals surface area contributed by atoms with Gasteiger partial charge in [-0.1, -0.05) is 36.9 Å². The summed E-state index contributed by atoms with van der Waals surface area (Å²) in [6, 6.07) is 8.84. The molecule has 0 aliphatic carbocycles. The number of amides is 1. The van der Waals surface area contributed by atoms with Gasteiger partial charge in [0.1, 0.15) is 0 Å². The lowest BCUT2D eigenvalue weighted by molar-refractivity contribution is -0.106. The lowest BCUT2D eigenvalue weighted by Gasteiger charge is -2.06. The van der Waals surface area contributed by atoms with Gasteiger partial charge in [0.15, 0.2) is 11.5 Å². The molecule has 4 heteroatoms. The van der Waals surface area contributed by atoms with Crippen LogP contribution in [0, 0.1) is 0 Å². The Balaban J connectivity index is 0.000000437. The Bertz CT molecular complexity index is 550. The molecule has 0 unspecified atom stereocenters. The number of hydrogen-bond donors (Lipinski definition) is 3. The highest BCUT2D eigenvalue weighted by Crippen LogP contribution is 2.36. The van der Waals surface area contributed by atoms with Crippen LogP contribution in [0.1, 0.15) is 5.56 Å². The van der Waals surface area contributed by atoms with E-state index < -0.39 is 0 Å². The second-order valence-electron chi connectivity index (χ2n) is 3.22. The molecule has 17 heavy (non-hydrogen) atoms. The first-order valence-corrected chi connectivity index (χ1v) is 4.87. The van der Waals surface area contributed by atoms with Crippen LogP contribution >= 0.6 is 0 Å². The van der Waals surface area contributed by atoms with Gasteiger partial charge < -0.3 is 15.9 Å². The van der Waals surface area contributed by atoms with Crippen molar-refractivity contribution in [2.45, 2.75) is 0 Å². The molecule has 0 aliphatic heterocycles. The summed E-state index contributed by atoms with van der Waals surface area (Å²) in [6.07, 6.45) is 1.90. The summed E-state index contributed by atoms with van der Waals surface area (Å²) >= 11 is 0. The van der Waals surface area contributed by atoms with Gasteiger partial charge in [0.2, 0.25) is 6.41 Å². The van der Waals surface area contributed by atoms with E-state index in [4.69, 9.17) is 4.79 Å². The number of hydrogen-bond acceptors (Lipinski definition) is 3. The fraction of sp³-hybridized carbons (Fsp3) is 0. The highest BCUT2D eigenvalue weighted by Gasteiger charge is 2.07. The molecule has 0 heterocycles. The van der Waals surface area contributed by atoms with Crippen LogP contribution in [0.3, 0.4) is 0 Å². The summed E-state index contributed by atoms with van der Waals surface area (Å²) in [6.45, 7) is 3.66. The van der Waals surface area contributed by atoms with E-state index in [9.17, 15) is 10.2 Å². The maximum absolute atomic E-state index is 9.59. The third-order valence-electron chi connectivity index (χ3n) is 2.25. The molecular formula is C13H13NO3. The molecule has 0 fully saturated rings. The second kappa shape index (κ2) is 5.55. The molecule has 0 bridgehead atoms. The predicted molar refractivity (Wildman–Crippen MR) is 67.6 cm³/mol. The average Bonchev–Trinajstić information content (AvgIpc) is 2.35. The zero-order valence-corrected chi connectivity index (χ0v) is 9.13. The van der Waals surface area contributed by atoms with Crippen molar-refractivity contribution in [3.05, 3.63) is 42.5 Å². The molecule has 0 aromatic heterocycles. The van der Waals surface area contributed by atoms with Crippen molar-refractivity contribution >= 4 is 23.3 Å². The van der Waals surface area contributed by atoms with Crippen molar-refractivity contribution in [3.63, 3.8) is 0 Å². The van der Waals surface area contributed by atoms with Gasteiger partial charge >= 0.3 is 0 Å². The first kappa shape index (κ1) is 12.6. The minimum absolute atomic E-state index is 0.0776. The van der Waals surface area contributed by atoms with Crippen molar-refractivity contribution < 1.29 is 15.0 Å². The molecule has 2 aromatic rings. The number of fused-ring (bicyclic) bond motifs is 1. The van der Waals surface area contributed by atoms with Gasteiger partial charge in [0.25, 0.3) is 0 Å². The van der Waals surface area contributed by atoms with Gasteiger partial charge in [0, 0.05) is 5.39 Å². The van der Waals surface area contributed by atoms with Crippen LogP contribution < -0.4 is 5.73 Å². The summed E-state index contributed by atoms with van der Waals surface area (Å²) in [5.74, 6) is -0.190. The summed E-state index contributed by atoms with van der Waals surface area (Å²) in [5.41, 5.74) is 4.98. The van der Waals surface area contributed by atoms with Crippen LogP contribution in [0.4, 0.5) is 0 Å². The highest BCUT2D eigenvalue weighted by atomic mass is 16.3. The molecular weight excluding hydrogens is 218 g/mol. The standard InChI is InChI=1S/C12H10O2.CH3NO/c1-2-8-7-11(13)12(14)10-6-4-3-5-9(8)10;2-1-3/h2-7,13-14H,1H2;1H,(H2,2,3). The second-order valence-corrected chi connectivity index (χ2v) is 3.22. The van der Waals surface area contributed by atoms with Crippen LogP contribution in [0.25, 0.3) is 16.8 Å². The third kappa shape index (κ3) is 2.55. The number of aromatic hydroxyl groups is 2. The summed E-state index contributed by atoms with van der Waals surface area (Å²) in [7, 11) is 0. The molecule has 0 spiro atoms. The summed E-state index contributed by atoms with van der Waals surface area (Å²) < 4.78 is 0. The van der Waals surface area contributed by atoms with E-state index in [2.05, 4.69) is 12.3 Å². The Kier molecular flexibility index (Phi) is 4.11. The maximum atomic E-state index is 9.59. The summed E-state index contributed by atoms with van der Waals surface area (Å²) in [5, 5.41) is 20.6. The van der Waals surface area contributed by atoms with Crippen molar-refractivity contribution in [1.82, 2.24) is 0 Å². The molecule has 88 valence electrons. The van der Waals surface area contributed by atoms with E-state index in [1.807, 2.05) is 18.2 Å². The number of rotatable bonds is 1. The van der Waals surface area contributed by atoms with E-state index in [1.165, 1.54) is 6.07 Å². The summed E-state index contributed by atoms with van der Waals surface area (Å²) in [4.78, 5) is 8.58. The largest absolute Gasteiger partial charge is 0.504 e. The van der Waals surface area contributed by atoms with Crippen LogP contribution in [-0.4, -0.2) is 16.6 Å². The normalized spacial score (nSPS) is 9.18. The van der Waals surface area contributed by atoms with E-state index in [0.717, 1.165) is 10.9 Å². The predicted octanol–water partition coefficient (Wildman–Crippen LogP) is 2.00. The van der Waals surface area contributed by atoms with Crippen molar-refractivity contribution in [2.24, 2.45) is 5.73 Å². The van der Waals surface area contributed by atoms with Crippen LogP contribution in [0.15, 0.2) is 36.9 Å². The molecule has 0 atom stereocenters. The Morgan fingerprint density at radius 3 is 2.24 bits per heavy atom. The Morgan fingerprint density at radius 1 is 1.18 bits per heavy atom.